The average Bonchev–Trinajstić information content (AvgIpc) is 2.71. The molecule has 1 aromatic heterocycles. The Morgan fingerprint density at radius 3 is 2.84 bits per heavy atom. The number of hydrogen-bond donors (Lipinski definition) is 0. The number of halogens is 3. The zero-order chi connectivity index (χ0) is 14.0. The summed E-state index contributed by atoms with van der Waals surface area (Å²) in [5, 5.41) is 3.82. The molecule has 0 aliphatic carbocycles. The maximum absolute atomic E-state index is 13.8. The Balaban J connectivity index is 2.62. The lowest BCUT2D eigenvalue weighted by Gasteiger charge is -2.04. The van der Waals surface area contributed by atoms with Crippen LogP contribution in [0.4, 0.5) is 9.18 Å². The van der Waals surface area contributed by atoms with Crippen molar-refractivity contribution in [1.82, 2.24) is 5.16 Å². The van der Waals surface area contributed by atoms with Gasteiger partial charge in [0, 0.05) is 18.0 Å². The van der Waals surface area contributed by atoms with Gasteiger partial charge in [-0.2, -0.15) is 0 Å². The third kappa shape index (κ3) is 2.72. The van der Waals surface area contributed by atoms with Gasteiger partial charge in [0.2, 0.25) is 5.75 Å². The molecule has 0 atom stereocenters. The van der Waals surface area contributed by atoms with Crippen molar-refractivity contribution >= 4 is 28.6 Å². The molecule has 0 bridgehead atoms. The summed E-state index contributed by atoms with van der Waals surface area (Å²) in [7, 11) is 0. The molecular weight excluding hydrogens is 296 g/mol. The molecule has 0 fully saturated rings. The number of carbonyl (C=O) groups excluding carboxylic acids is 1. The second-order valence-electron chi connectivity index (χ2n) is 3.57. The van der Waals surface area contributed by atoms with Crippen LogP contribution in [0.5, 0.6) is 5.75 Å². The van der Waals surface area contributed by atoms with E-state index in [0.29, 0.717) is 6.42 Å². The van der Waals surface area contributed by atoms with Crippen LogP contribution in [0.3, 0.4) is 0 Å². The molecule has 7 heteroatoms. The molecule has 0 aliphatic heterocycles. The number of aryl methyl sites for hydroxylation is 1. The molecule has 0 N–H and O–H groups in total. The van der Waals surface area contributed by atoms with Crippen LogP contribution in [0.2, 0.25) is 5.02 Å². The Kier molecular flexibility index (Phi) is 4.07. The highest BCUT2D eigenvalue weighted by Crippen LogP contribution is 2.38. The predicted molar refractivity (Wildman–Crippen MR) is 68.2 cm³/mol. The van der Waals surface area contributed by atoms with E-state index in [4.69, 9.17) is 32.5 Å². The molecule has 1 heterocycles. The van der Waals surface area contributed by atoms with Crippen LogP contribution in [0.1, 0.15) is 12.7 Å². The first-order valence-electron chi connectivity index (χ1n) is 5.34. The van der Waals surface area contributed by atoms with Crippen molar-refractivity contribution in [2.45, 2.75) is 13.3 Å². The number of ether oxygens (including phenoxy) is 1. The van der Waals surface area contributed by atoms with Crippen molar-refractivity contribution in [3.63, 3.8) is 0 Å². The van der Waals surface area contributed by atoms with Gasteiger partial charge in [0.1, 0.15) is 5.82 Å². The highest BCUT2D eigenvalue weighted by molar-refractivity contribution is 6.61. The lowest BCUT2D eigenvalue weighted by molar-refractivity contribution is 0.224. The van der Waals surface area contributed by atoms with Gasteiger partial charge >= 0.3 is 5.43 Å². The summed E-state index contributed by atoms with van der Waals surface area (Å²) in [5.74, 6) is -0.340. The van der Waals surface area contributed by atoms with Crippen LogP contribution in [0.15, 0.2) is 22.7 Å². The van der Waals surface area contributed by atoms with Crippen LogP contribution in [0.25, 0.3) is 11.3 Å². The largest absolute Gasteiger partial charge is 0.409 e. The van der Waals surface area contributed by atoms with Gasteiger partial charge in [-0.25, -0.2) is 9.18 Å². The maximum atomic E-state index is 13.8. The lowest BCUT2D eigenvalue weighted by atomic mass is 10.1. The maximum Gasteiger partial charge on any atom is 0.409 e. The smallest absolute Gasteiger partial charge is 0.408 e. The van der Waals surface area contributed by atoms with Crippen LogP contribution in [0, 0.1) is 5.82 Å². The molecule has 2 aromatic rings. The van der Waals surface area contributed by atoms with Crippen molar-refractivity contribution in [3.8, 4) is 17.0 Å². The Morgan fingerprint density at radius 1 is 1.53 bits per heavy atom. The minimum Gasteiger partial charge on any atom is -0.408 e. The molecule has 0 saturated carbocycles. The molecule has 1 aromatic carbocycles. The summed E-state index contributed by atoms with van der Waals surface area (Å²) in [6, 6.07) is 4.16. The fourth-order valence-corrected chi connectivity index (χ4v) is 1.94. The standard InChI is InChI=1S/C12H8Cl2FNO3/c1-2-8-11(18-12(14)17)10(16-19-8)9-6(13)4-3-5-7(9)15/h3-5H,2H2,1H3. The molecule has 0 unspecified atom stereocenters. The molecule has 4 nitrogen and oxygen atoms in total. The Labute approximate surface area is 118 Å². The Hall–Kier alpha value is -1.59. The zero-order valence-electron chi connectivity index (χ0n) is 9.75. The van der Waals surface area contributed by atoms with Gasteiger partial charge in [0.05, 0.1) is 10.6 Å². The highest BCUT2D eigenvalue weighted by Gasteiger charge is 2.24. The number of aromatic nitrogens is 1. The summed E-state index contributed by atoms with van der Waals surface area (Å²) in [4.78, 5) is 10.9. The highest BCUT2D eigenvalue weighted by atomic mass is 35.5. The summed E-state index contributed by atoms with van der Waals surface area (Å²) in [6.07, 6.45) is 0.401. The molecule has 100 valence electrons. The first-order chi connectivity index (χ1) is 9.04. The molecule has 0 saturated heterocycles. The number of carbonyl (C=O) groups is 1. The zero-order valence-corrected chi connectivity index (χ0v) is 11.3. The predicted octanol–water partition coefficient (Wildman–Crippen LogP) is 4.43. The number of hydrogen-bond acceptors (Lipinski definition) is 4. The normalized spacial score (nSPS) is 10.5. The first kappa shape index (κ1) is 13.8. The van der Waals surface area contributed by atoms with Gasteiger partial charge in [0.25, 0.3) is 0 Å². The average molecular weight is 304 g/mol. The van der Waals surface area contributed by atoms with Gasteiger partial charge < -0.3 is 9.26 Å². The fraction of sp³-hybridized carbons (Fsp3) is 0.167. The fourth-order valence-electron chi connectivity index (χ4n) is 1.61. The summed E-state index contributed by atoms with van der Waals surface area (Å²) in [5.41, 5.74) is -1.05. The third-order valence-corrected chi connectivity index (χ3v) is 2.81. The first-order valence-corrected chi connectivity index (χ1v) is 6.10. The Bertz CT molecular complexity index is 607. The minimum atomic E-state index is -1.06. The number of benzene rings is 1. The molecule has 0 amide bonds. The van der Waals surface area contributed by atoms with E-state index >= 15 is 0 Å². The SMILES string of the molecule is CCc1onc(-c2c(F)cccc2Cl)c1OC(=O)Cl. The van der Waals surface area contributed by atoms with Gasteiger partial charge in [0.15, 0.2) is 11.5 Å². The van der Waals surface area contributed by atoms with Gasteiger partial charge in [-0.15, -0.1) is 0 Å². The molecule has 2 rings (SSSR count). The van der Waals surface area contributed by atoms with Crippen LogP contribution >= 0.6 is 23.2 Å². The van der Waals surface area contributed by atoms with E-state index in [1.54, 1.807) is 6.92 Å². The second-order valence-corrected chi connectivity index (χ2v) is 4.29. The van der Waals surface area contributed by atoms with Gasteiger partial charge in [-0.05, 0) is 12.1 Å². The summed E-state index contributed by atoms with van der Waals surface area (Å²) < 4.78 is 23.6. The van der Waals surface area contributed by atoms with E-state index < -0.39 is 11.2 Å². The number of rotatable bonds is 3. The van der Waals surface area contributed by atoms with Crippen molar-refractivity contribution in [1.29, 1.82) is 0 Å². The minimum absolute atomic E-state index is 0.000494. The van der Waals surface area contributed by atoms with E-state index in [0.717, 1.165) is 0 Å². The quantitative estimate of drug-likeness (QED) is 0.787. The van der Waals surface area contributed by atoms with E-state index in [2.05, 4.69) is 5.16 Å². The monoisotopic (exact) mass is 303 g/mol. The molecular formula is C12H8Cl2FNO3. The van der Waals surface area contributed by atoms with E-state index in [9.17, 15) is 9.18 Å². The van der Waals surface area contributed by atoms with E-state index in [1.165, 1.54) is 18.2 Å². The van der Waals surface area contributed by atoms with E-state index in [1.807, 2.05) is 0 Å². The van der Waals surface area contributed by atoms with Crippen molar-refractivity contribution in [2.24, 2.45) is 0 Å². The lowest BCUT2D eigenvalue weighted by Crippen LogP contribution is -1.99. The Morgan fingerprint density at radius 2 is 2.26 bits per heavy atom. The summed E-state index contributed by atoms with van der Waals surface area (Å²) in [6.45, 7) is 1.76. The van der Waals surface area contributed by atoms with Crippen LogP contribution < -0.4 is 4.74 Å². The van der Waals surface area contributed by atoms with Crippen molar-refractivity contribution in [3.05, 3.63) is 34.8 Å². The van der Waals surface area contributed by atoms with Gasteiger partial charge in [-0.3, -0.25) is 0 Å². The van der Waals surface area contributed by atoms with Gasteiger partial charge in [-0.1, -0.05) is 29.7 Å². The van der Waals surface area contributed by atoms with Crippen LogP contribution in [-0.4, -0.2) is 10.6 Å². The van der Waals surface area contributed by atoms with Crippen molar-refractivity contribution in [2.75, 3.05) is 0 Å². The molecule has 19 heavy (non-hydrogen) atoms. The molecule has 0 spiro atoms. The number of nitrogens with zero attached hydrogens (tertiary/aromatic N) is 1. The van der Waals surface area contributed by atoms with E-state index in [-0.39, 0.29) is 27.8 Å². The van der Waals surface area contributed by atoms with Crippen LogP contribution in [-0.2, 0) is 6.42 Å². The third-order valence-electron chi connectivity index (χ3n) is 2.42. The summed E-state index contributed by atoms with van der Waals surface area (Å²) >= 11 is 11.1. The second kappa shape index (κ2) is 5.59. The molecule has 0 aliphatic rings. The molecule has 0 radical (unpaired) electrons. The van der Waals surface area contributed by atoms with Crippen molar-refractivity contribution < 1.29 is 18.4 Å². The topological polar surface area (TPSA) is 52.3 Å².